The summed E-state index contributed by atoms with van der Waals surface area (Å²) in [4.78, 5) is 28.6. The summed E-state index contributed by atoms with van der Waals surface area (Å²) in [5, 5.41) is 2.93. The average Bonchev–Trinajstić information content (AvgIpc) is 2.84. The quantitative estimate of drug-likeness (QED) is 0.299. The van der Waals surface area contributed by atoms with Crippen LogP contribution >= 0.6 is 31.9 Å². The number of nitrogens with zero attached hydrogens (tertiary/aromatic N) is 2. The molecule has 3 aromatic carbocycles. The number of anilines is 1. The van der Waals surface area contributed by atoms with Crippen LogP contribution in [0.1, 0.15) is 38.8 Å². The van der Waals surface area contributed by atoms with Crippen LogP contribution in [0.15, 0.2) is 86.6 Å². The lowest BCUT2D eigenvalue weighted by Gasteiger charge is -2.33. The van der Waals surface area contributed by atoms with E-state index in [9.17, 15) is 18.0 Å². The first-order chi connectivity index (χ1) is 18.2. The zero-order valence-electron chi connectivity index (χ0n) is 22.6. The van der Waals surface area contributed by atoms with Crippen molar-refractivity contribution in [2.24, 2.45) is 0 Å². The third-order valence-corrected chi connectivity index (χ3v) is 8.67. The maximum Gasteiger partial charge on any atom is 0.264 e. The normalized spacial score (nSPS) is 12.5. The van der Waals surface area contributed by atoms with E-state index in [1.165, 1.54) is 17.0 Å². The number of carbonyl (C=O) groups is 2. The van der Waals surface area contributed by atoms with E-state index in [4.69, 9.17) is 0 Å². The van der Waals surface area contributed by atoms with Crippen LogP contribution in [0.2, 0.25) is 0 Å². The van der Waals surface area contributed by atoms with E-state index >= 15 is 0 Å². The molecule has 0 aliphatic rings. The monoisotopic (exact) mass is 677 g/mol. The van der Waals surface area contributed by atoms with E-state index in [0.717, 1.165) is 19.9 Å². The van der Waals surface area contributed by atoms with Crippen molar-refractivity contribution in [3.05, 3.63) is 92.9 Å². The van der Waals surface area contributed by atoms with Gasteiger partial charge in [-0.3, -0.25) is 13.9 Å². The van der Waals surface area contributed by atoms with Gasteiger partial charge in [-0.05, 0) is 82.6 Å². The smallest absolute Gasteiger partial charge is 0.264 e. The predicted molar refractivity (Wildman–Crippen MR) is 162 cm³/mol. The molecule has 0 bridgehead atoms. The Morgan fingerprint density at radius 1 is 0.923 bits per heavy atom. The Balaban J connectivity index is 2.04. The summed E-state index contributed by atoms with van der Waals surface area (Å²) >= 11 is 6.86. The summed E-state index contributed by atoms with van der Waals surface area (Å²) < 4.78 is 30.3. The first-order valence-electron chi connectivity index (χ1n) is 12.4. The maximum atomic E-state index is 14.0. The fourth-order valence-corrected chi connectivity index (χ4v) is 6.13. The number of halogens is 2. The molecule has 39 heavy (non-hydrogen) atoms. The van der Waals surface area contributed by atoms with E-state index in [1.807, 2.05) is 52.0 Å². The van der Waals surface area contributed by atoms with Crippen molar-refractivity contribution in [2.75, 3.05) is 10.8 Å². The van der Waals surface area contributed by atoms with Crippen LogP contribution in [-0.4, -0.2) is 43.3 Å². The Morgan fingerprint density at radius 2 is 1.51 bits per heavy atom. The number of aryl methyl sites for hydroxylation is 1. The van der Waals surface area contributed by atoms with Gasteiger partial charge in [-0.15, -0.1) is 0 Å². The van der Waals surface area contributed by atoms with E-state index in [0.29, 0.717) is 10.2 Å². The summed E-state index contributed by atoms with van der Waals surface area (Å²) in [5.74, 6) is -0.844. The molecule has 0 aromatic heterocycles. The molecule has 0 saturated carbocycles. The Morgan fingerprint density at radius 3 is 2.08 bits per heavy atom. The van der Waals surface area contributed by atoms with Gasteiger partial charge in [0.05, 0.1) is 10.6 Å². The number of benzene rings is 3. The van der Waals surface area contributed by atoms with Gasteiger partial charge in [-0.25, -0.2) is 8.42 Å². The molecule has 2 amide bonds. The molecule has 0 unspecified atom stereocenters. The predicted octanol–water partition coefficient (Wildman–Crippen LogP) is 6.05. The van der Waals surface area contributed by atoms with Crippen LogP contribution in [0.3, 0.4) is 0 Å². The van der Waals surface area contributed by atoms with E-state index in [2.05, 4.69) is 37.2 Å². The lowest BCUT2D eigenvalue weighted by atomic mass is 10.1. The Kier molecular flexibility index (Phi) is 10.0. The van der Waals surface area contributed by atoms with Crippen LogP contribution in [0.5, 0.6) is 0 Å². The van der Waals surface area contributed by atoms with Gasteiger partial charge in [0.25, 0.3) is 10.0 Å². The molecule has 3 aromatic rings. The van der Waals surface area contributed by atoms with Crippen LogP contribution in [0.4, 0.5) is 5.69 Å². The summed E-state index contributed by atoms with van der Waals surface area (Å²) in [5.41, 5.74) is 1.53. The molecular formula is C29H33Br2N3O4S. The summed E-state index contributed by atoms with van der Waals surface area (Å²) in [6.45, 7) is 8.73. The SMILES string of the molecule is Cc1ccc(S(=O)(=O)N(CC(=O)N(Cc2cccc(Br)c2)[C@@H](C)C(=O)NC(C)(C)C)c2cccc(Br)c2)cc1. The van der Waals surface area contributed by atoms with Crippen LogP contribution in [0.25, 0.3) is 0 Å². The van der Waals surface area contributed by atoms with E-state index < -0.39 is 34.1 Å². The largest absolute Gasteiger partial charge is 0.350 e. The van der Waals surface area contributed by atoms with Crippen molar-refractivity contribution < 1.29 is 18.0 Å². The molecule has 0 heterocycles. The highest BCUT2D eigenvalue weighted by Gasteiger charge is 2.33. The molecule has 208 valence electrons. The highest BCUT2D eigenvalue weighted by Crippen LogP contribution is 2.27. The van der Waals surface area contributed by atoms with Crippen LogP contribution in [0, 0.1) is 6.92 Å². The molecule has 0 saturated heterocycles. The number of rotatable bonds is 9. The van der Waals surface area contributed by atoms with E-state index in [-0.39, 0.29) is 17.3 Å². The second-order valence-corrected chi connectivity index (χ2v) is 14.1. The summed E-state index contributed by atoms with van der Waals surface area (Å²) in [6.07, 6.45) is 0. The molecular weight excluding hydrogens is 646 g/mol. The highest BCUT2D eigenvalue weighted by molar-refractivity contribution is 9.10. The van der Waals surface area contributed by atoms with Crippen LogP contribution < -0.4 is 9.62 Å². The molecule has 1 atom stereocenters. The molecule has 0 aliphatic heterocycles. The van der Waals surface area contributed by atoms with Crippen LogP contribution in [-0.2, 0) is 26.2 Å². The number of nitrogens with one attached hydrogen (secondary N) is 1. The molecule has 0 radical (unpaired) electrons. The molecule has 10 heteroatoms. The van der Waals surface area contributed by atoms with Gasteiger partial charge in [0.2, 0.25) is 11.8 Å². The first-order valence-corrected chi connectivity index (χ1v) is 15.4. The zero-order valence-corrected chi connectivity index (χ0v) is 26.6. The lowest BCUT2D eigenvalue weighted by molar-refractivity contribution is -0.140. The topological polar surface area (TPSA) is 86.8 Å². The van der Waals surface area contributed by atoms with Gasteiger partial charge in [0, 0.05) is 21.0 Å². The fraction of sp³-hybridized carbons (Fsp3) is 0.310. The van der Waals surface area contributed by atoms with Gasteiger partial charge in [0.15, 0.2) is 0 Å². The van der Waals surface area contributed by atoms with Crippen molar-refractivity contribution in [1.82, 2.24) is 10.2 Å². The third-order valence-electron chi connectivity index (χ3n) is 5.89. The fourth-order valence-electron chi connectivity index (χ4n) is 3.89. The minimum Gasteiger partial charge on any atom is -0.350 e. The van der Waals surface area contributed by atoms with Gasteiger partial charge in [-0.1, -0.05) is 67.8 Å². The highest BCUT2D eigenvalue weighted by atomic mass is 79.9. The molecule has 0 fully saturated rings. The average molecular weight is 679 g/mol. The second-order valence-electron chi connectivity index (χ2n) is 10.4. The number of hydrogen-bond donors (Lipinski definition) is 1. The molecule has 3 rings (SSSR count). The Hall–Kier alpha value is -2.69. The number of sulfonamides is 1. The minimum absolute atomic E-state index is 0.0675. The zero-order chi connectivity index (χ0) is 29.0. The third kappa shape index (κ3) is 8.40. The van der Waals surface area contributed by atoms with Crippen molar-refractivity contribution in [3.63, 3.8) is 0 Å². The Labute approximate surface area is 247 Å². The van der Waals surface area contributed by atoms with Gasteiger partial charge in [-0.2, -0.15) is 0 Å². The van der Waals surface area contributed by atoms with Crippen molar-refractivity contribution in [1.29, 1.82) is 0 Å². The first kappa shape index (κ1) is 30.8. The van der Waals surface area contributed by atoms with Gasteiger partial charge < -0.3 is 10.2 Å². The van der Waals surface area contributed by atoms with Crippen molar-refractivity contribution in [3.8, 4) is 0 Å². The van der Waals surface area contributed by atoms with E-state index in [1.54, 1.807) is 43.3 Å². The molecule has 0 aliphatic carbocycles. The number of hydrogen-bond acceptors (Lipinski definition) is 4. The van der Waals surface area contributed by atoms with Crippen molar-refractivity contribution >= 4 is 59.4 Å². The standard InChI is InChI=1S/C29H33Br2N3O4S/c1-20-12-14-26(15-13-20)39(37,38)34(25-11-7-10-24(31)17-25)19-27(35)33(18-22-8-6-9-23(30)16-22)21(2)28(36)32-29(3,4)5/h6-17,21H,18-19H2,1-5H3,(H,32,36)/t21-/m0/s1. The summed E-state index contributed by atoms with van der Waals surface area (Å²) in [6, 6.07) is 19.8. The summed E-state index contributed by atoms with van der Waals surface area (Å²) in [7, 11) is -4.11. The molecule has 0 spiro atoms. The molecule has 1 N–H and O–H groups in total. The Bertz CT molecular complexity index is 1440. The number of carbonyl (C=O) groups excluding carboxylic acids is 2. The number of amides is 2. The molecule has 7 nitrogen and oxygen atoms in total. The maximum absolute atomic E-state index is 14.0. The van der Waals surface area contributed by atoms with Crippen molar-refractivity contribution in [2.45, 2.75) is 57.6 Å². The minimum atomic E-state index is -4.11. The second kappa shape index (κ2) is 12.7. The van der Waals surface area contributed by atoms with Gasteiger partial charge in [0.1, 0.15) is 12.6 Å². The van der Waals surface area contributed by atoms with Gasteiger partial charge >= 0.3 is 0 Å². The lowest BCUT2D eigenvalue weighted by Crippen LogP contribution is -2.54.